The Bertz CT molecular complexity index is 1130. The summed E-state index contributed by atoms with van der Waals surface area (Å²) < 4.78 is 53.3. The third kappa shape index (κ3) is 3.68. The molecule has 0 aliphatic heterocycles. The molecule has 26 heavy (non-hydrogen) atoms. The highest BCUT2D eigenvalue weighted by molar-refractivity contribution is 7.90. The molecule has 0 aliphatic carbocycles. The van der Waals surface area contributed by atoms with Gasteiger partial charge in [0.05, 0.1) is 10.8 Å². The van der Waals surface area contributed by atoms with Crippen LogP contribution in [-0.2, 0) is 15.6 Å². The van der Waals surface area contributed by atoms with Crippen molar-refractivity contribution in [3.8, 4) is 11.1 Å². The van der Waals surface area contributed by atoms with Crippen molar-refractivity contribution in [3.63, 3.8) is 0 Å². The van der Waals surface area contributed by atoms with Crippen LogP contribution in [0.3, 0.4) is 0 Å². The van der Waals surface area contributed by atoms with E-state index in [-0.39, 0.29) is 16.1 Å². The highest BCUT2D eigenvalue weighted by Gasteiger charge is 2.23. The Kier molecular flexibility index (Phi) is 4.93. The molecule has 3 aromatic rings. The minimum atomic E-state index is -4.19. The van der Waals surface area contributed by atoms with E-state index >= 15 is 0 Å². The molecule has 0 fully saturated rings. The molecular formula is C18H12ClF2NO3S. The van der Waals surface area contributed by atoms with Crippen molar-refractivity contribution in [1.82, 2.24) is 4.98 Å². The number of nitrogens with one attached hydrogen (secondary N) is 1. The third-order valence-corrected chi connectivity index (χ3v) is 5.62. The Morgan fingerprint density at radius 1 is 1.00 bits per heavy atom. The van der Waals surface area contributed by atoms with E-state index in [0.717, 1.165) is 18.3 Å². The lowest BCUT2D eigenvalue weighted by Gasteiger charge is -2.10. The topological polar surface area (TPSA) is 67.0 Å². The van der Waals surface area contributed by atoms with Crippen LogP contribution in [0, 0.1) is 11.6 Å². The van der Waals surface area contributed by atoms with Gasteiger partial charge in [-0.25, -0.2) is 17.2 Å². The molecule has 0 radical (unpaired) electrons. The maximum absolute atomic E-state index is 14.2. The number of aromatic amines is 1. The average Bonchev–Trinajstić information content (AvgIpc) is 2.60. The van der Waals surface area contributed by atoms with Crippen molar-refractivity contribution in [3.05, 3.63) is 87.3 Å². The van der Waals surface area contributed by atoms with Gasteiger partial charge in [-0.2, -0.15) is 0 Å². The molecule has 0 saturated heterocycles. The second kappa shape index (κ2) is 7.01. The maximum atomic E-state index is 14.2. The Morgan fingerprint density at radius 3 is 2.38 bits per heavy atom. The highest BCUT2D eigenvalue weighted by atomic mass is 35.5. The molecule has 0 unspecified atom stereocenters. The molecular weight excluding hydrogens is 384 g/mol. The summed E-state index contributed by atoms with van der Waals surface area (Å²) in [6, 6.07) is 11.1. The molecule has 0 bridgehead atoms. The molecule has 1 aromatic heterocycles. The number of halogens is 3. The van der Waals surface area contributed by atoms with Gasteiger partial charge in [0, 0.05) is 23.4 Å². The van der Waals surface area contributed by atoms with E-state index in [1.165, 1.54) is 0 Å². The lowest BCUT2D eigenvalue weighted by atomic mass is 10.0. The van der Waals surface area contributed by atoms with Crippen molar-refractivity contribution in [2.24, 2.45) is 0 Å². The van der Waals surface area contributed by atoms with Gasteiger partial charge in [0.2, 0.25) is 0 Å². The molecule has 2 aromatic carbocycles. The molecule has 3 rings (SSSR count). The Labute approximate surface area is 153 Å². The van der Waals surface area contributed by atoms with Crippen LogP contribution in [0.4, 0.5) is 8.78 Å². The van der Waals surface area contributed by atoms with Gasteiger partial charge in [-0.3, -0.25) is 4.79 Å². The van der Waals surface area contributed by atoms with Crippen molar-refractivity contribution < 1.29 is 17.2 Å². The fourth-order valence-corrected chi connectivity index (χ4v) is 4.16. The van der Waals surface area contributed by atoms with Gasteiger partial charge in [0.1, 0.15) is 16.5 Å². The van der Waals surface area contributed by atoms with E-state index in [2.05, 4.69) is 4.98 Å². The zero-order valence-electron chi connectivity index (χ0n) is 13.2. The molecule has 0 saturated carbocycles. The summed E-state index contributed by atoms with van der Waals surface area (Å²) in [6.45, 7) is 0. The summed E-state index contributed by atoms with van der Waals surface area (Å²) >= 11 is 5.72. The van der Waals surface area contributed by atoms with Crippen LogP contribution in [0.15, 0.2) is 64.4 Å². The van der Waals surface area contributed by atoms with Gasteiger partial charge in [0.25, 0.3) is 5.56 Å². The molecule has 134 valence electrons. The SMILES string of the molecule is O=c1[nH]cc(Cl)cc1S(=O)(=O)Cc1cc(-c2ccccc2)c(F)cc1F. The van der Waals surface area contributed by atoms with Gasteiger partial charge in [0.15, 0.2) is 9.84 Å². The quantitative estimate of drug-likeness (QED) is 0.727. The molecule has 1 N–H and O–H groups in total. The van der Waals surface area contributed by atoms with E-state index < -0.39 is 37.7 Å². The molecule has 0 amide bonds. The number of pyridine rings is 1. The second-order valence-corrected chi connectivity index (χ2v) is 7.95. The Hall–Kier alpha value is -2.51. The van der Waals surface area contributed by atoms with Gasteiger partial charge in [-0.1, -0.05) is 41.9 Å². The summed E-state index contributed by atoms with van der Waals surface area (Å²) in [5.41, 5.74) is -0.564. The van der Waals surface area contributed by atoms with Crippen molar-refractivity contribution in [2.75, 3.05) is 0 Å². The molecule has 4 nitrogen and oxygen atoms in total. The second-order valence-electron chi connectivity index (χ2n) is 5.56. The van der Waals surface area contributed by atoms with Crippen LogP contribution >= 0.6 is 11.6 Å². The molecule has 0 aliphatic rings. The van der Waals surface area contributed by atoms with Gasteiger partial charge >= 0.3 is 0 Å². The molecule has 8 heteroatoms. The number of benzene rings is 2. The maximum Gasteiger partial charge on any atom is 0.266 e. The van der Waals surface area contributed by atoms with Crippen LogP contribution in [-0.4, -0.2) is 13.4 Å². The first kappa shape index (κ1) is 18.3. The van der Waals surface area contributed by atoms with Crippen LogP contribution in [0.5, 0.6) is 0 Å². The van der Waals surface area contributed by atoms with E-state index in [1.807, 2.05) is 0 Å². The zero-order chi connectivity index (χ0) is 18.9. The van der Waals surface area contributed by atoms with Crippen molar-refractivity contribution in [2.45, 2.75) is 10.6 Å². The first-order chi connectivity index (χ1) is 12.3. The summed E-state index contributed by atoms with van der Waals surface area (Å²) in [4.78, 5) is 13.4. The Morgan fingerprint density at radius 2 is 1.69 bits per heavy atom. The standard InChI is InChI=1S/C18H12ClF2NO3S/c19-13-7-17(18(23)22-9-13)26(24,25)10-12-6-14(16(21)8-15(12)20)11-4-2-1-3-5-11/h1-9H,10H2,(H,22,23). The van der Waals surface area contributed by atoms with Crippen LogP contribution in [0.1, 0.15) is 5.56 Å². The fraction of sp³-hybridized carbons (Fsp3) is 0.0556. The summed E-state index contributed by atoms with van der Waals surface area (Å²) in [5.74, 6) is -2.62. The largest absolute Gasteiger partial charge is 0.326 e. The van der Waals surface area contributed by atoms with E-state index in [1.54, 1.807) is 30.3 Å². The third-order valence-electron chi connectivity index (χ3n) is 3.74. The fourth-order valence-electron chi connectivity index (χ4n) is 2.49. The molecule has 0 atom stereocenters. The number of hydrogen-bond acceptors (Lipinski definition) is 3. The average molecular weight is 396 g/mol. The number of hydrogen-bond donors (Lipinski definition) is 1. The first-order valence-electron chi connectivity index (χ1n) is 7.42. The lowest BCUT2D eigenvalue weighted by Crippen LogP contribution is -2.19. The molecule has 0 spiro atoms. The highest BCUT2D eigenvalue weighted by Crippen LogP contribution is 2.27. The van der Waals surface area contributed by atoms with E-state index in [0.29, 0.717) is 11.6 Å². The zero-order valence-corrected chi connectivity index (χ0v) is 14.7. The lowest BCUT2D eigenvalue weighted by molar-refractivity contribution is 0.570. The van der Waals surface area contributed by atoms with Gasteiger partial charge in [-0.05, 0) is 17.7 Å². The first-order valence-corrected chi connectivity index (χ1v) is 9.45. The van der Waals surface area contributed by atoms with Crippen molar-refractivity contribution >= 4 is 21.4 Å². The minimum Gasteiger partial charge on any atom is -0.326 e. The van der Waals surface area contributed by atoms with Gasteiger partial charge in [-0.15, -0.1) is 0 Å². The number of aromatic nitrogens is 1. The normalized spacial score (nSPS) is 11.5. The minimum absolute atomic E-state index is 0.0210. The molecule has 1 heterocycles. The van der Waals surface area contributed by atoms with E-state index in [4.69, 9.17) is 11.6 Å². The van der Waals surface area contributed by atoms with Crippen LogP contribution in [0.2, 0.25) is 5.02 Å². The predicted molar refractivity (Wildman–Crippen MR) is 94.8 cm³/mol. The van der Waals surface area contributed by atoms with Crippen molar-refractivity contribution in [1.29, 1.82) is 0 Å². The van der Waals surface area contributed by atoms with Gasteiger partial charge < -0.3 is 4.98 Å². The Balaban J connectivity index is 2.07. The summed E-state index contributed by atoms with van der Waals surface area (Å²) in [6.07, 6.45) is 1.15. The number of H-pyrrole nitrogens is 1. The number of rotatable bonds is 4. The predicted octanol–water partition coefficient (Wildman–Crippen LogP) is 3.95. The number of sulfone groups is 1. The van der Waals surface area contributed by atoms with E-state index in [9.17, 15) is 22.0 Å². The van der Waals surface area contributed by atoms with Crippen LogP contribution in [0.25, 0.3) is 11.1 Å². The summed E-state index contributed by atoms with van der Waals surface area (Å²) in [5, 5.41) is 0.0210. The summed E-state index contributed by atoms with van der Waals surface area (Å²) in [7, 11) is -4.19. The smallest absolute Gasteiger partial charge is 0.266 e. The van der Waals surface area contributed by atoms with Crippen LogP contribution < -0.4 is 5.56 Å². The monoisotopic (exact) mass is 395 g/mol.